The molecular weight excluding hydrogens is 136 g/mol. The second-order valence-electron chi connectivity index (χ2n) is 2.60. The summed E-state index contributed by atoms with van der Waals surface area (Å²) in [7, 11) is 0. The lowest BCUT2D eigenvalue weighted by Crippen LogP contribution is -2.31. The number of carboxylic acids is 1. The fourth-order valence-corrected chi connectivity index (χ4v) is 0.303. The van der Waals surface area contributed by atoms with Gasteiger partial charge in [0.1, 0.15) is 6.61 Å². The number of carbonyl (C=O) groups is 1. The lowest BCUT2D eigenvalue weighted by atomic mass is 10.1. The zero-order valence-electron chi connectivity index (χ0n) is 6.13. The van der Waals surface area contributed by atoms with Crippen LogP contribution in [0.1, 0.15) is 13.8 Å². The van der Waals surface area contributed by atoms with E-state index < -0.39 is 11.6 Å². The van der Waals surface area contributed by atoms with E-state index in [4.69, 9.17) is 14.9 Å². The standard InChI is InChI=1S/C6H12O4/c1-6(2,4-7)10-3-5(8)9/h7H,3-4H2,1-2H3,(H,8,9). The van der Waals surface area contributed by atoms with Crippen molar-refractivity contribution in [1.82, 2.24) is 0 Å². The molecule has 0 atom stereocenters. The molecule has 0 fully saturated rings. The molecule has 0 spiro atoms. The fraction of sp³-hybridized carbons (Fsp3) is 0.833. The highest BCUT2D eigenvalue weighted by Crippen LogP contribution is 2.05. The Morgan fingerprint density at radius 2 is 2.10 bits per heavy atom. The van der Waals surface area contributed by atoms with E-state index in [1.54, 1.807) is 13.8 Å². The second kappa shape index (κ2) is 3.53. The first-order chi connectivity index (χ1) is 4.48. The smallest absolute Gasteiger partial charge is 0.329 e. The minimum atomic E-state index is -1.03. The Hall–Kier alpha value is -0.610. The summed E-state index contributed by atoms with van der Waals surface area (Å²) in [6, 6.07) is 0. The largest absolute Gasteiger partial charge is 0.480 e. The molecule has 0 saturated carbocycles. The number of aliphatic hydroxyl groups is 1. The quantitative estimate of drug-likeness (QED) is 0.582. The lowest BCUT2D eigenvalue weighted by Gasteiger charge is -2.20. The second-order valence-corrected chi connectivity index (χ2v) is 2.60. The fourth-order valence-electron chi connectivity index (χ4n) is 0.303. The molecule has 2 N–H and O–H groups in total. The first-order valence-electron chi connectivity index (χ1n) is 2.94. The topological polar surface area (TPSA) is 66.8 Å². The maximum Gasteiger partial charge on any atom is 0.329 e. The molecule has 10 heavy (non-hydrogen) atoms. The van der Waals surface area contributed by atoms with E-state index in [1.807, 2.05) is 0 Å². The number of aliphatic carboxylic acids is 1. The molecule has 0 aliphatic rings. The summed E-state index contributed by atoms with van der Waals surface area (Å²) < 4.78 is 4.79. The van der Waals surface area contributed by atoms with Gasteiger partial charge in [-0.15, -0.1) is 0 Å². The minimum Gasteiger partial charge on any atom is -0.480 e. The van der Waals surface area contributed by atoms with Gasteiger partial charge in [-0.1, -0.05) is 0 Å². The highest BCUT2D eigenvalue weighted by molar-refractivity contribution is 5.68. The summed E-state index contributed by atoms with van der Waals surface area (Å²) in [4.78, 5) is 9.96. The van der Waals surface area contributed by atoms with Gasteiger partial charge >= 0.3 is 5.97 Å². The van der Waals surface area contributed by atoms with E-state index in [1.165, 1.54) is 0 Å². The van der Waals surface area contributed by atoms with Crippen LogP contribution >= 0.6 is 0 Å². The normalized spacial score (nSPS) is 11.5. The van der Waals surface area contributed by atoms with Gasteiger partial charge in [0.25, 0.3) is 0 Å². The van der Waals surface area contributed by atoms with E-state index in [2.05, 4.69) is 0 Å². The number of ether oxygens (including phenoxy) is 1. The Bertz CT molecular complexity index is 119. The van der Waals surface area contributed by atoms with E-state index in [0.29, 0.717) is 0 Å². The Balaban J connectivity index is 3.56. The highest BCUT2D eigenvalue weighted by atomic mass is 16.5. The summed E-state index contributed by atoms with van der Waals surface area (Å²) >= 11 is 0. The summed E-state index contributed by atoms with van der Waals surface area (Å²) in [5.74, 6) is -1.03. The third-order valence-corrected chi connectivity index (χ3v) is 0.967. The number of hydrogen-bond acceptors (Lipinski definition) is 3. The van der Waals surface area contributed by atoms with Crippen molar-refractivity contribution in [3.8, 4) is 0 Å². The molecule has 4 heteroatoms. The molecule has 0 radical (unpaired) electrons. The van der Waals surface area contributed by atoms with E-state index in [0.717, 1.165) is 0 Å². The van der Waals surface area contributed by atoms with Crippen LogP contribution < -0.4 is 0 Å². The van der Waals surface area contributed by atoms with Crippen molar-refractivity contribution in [1.29, 1.82) is 0 Å². The Morgan fingerprint density at radius 3 is 2.40 bits per heavy atom. The molecule has 0 saturated heterocycles. The summed E-state index contributed by atoms with van der Waals surface area (Å²) in [5.41, 5.74) is -0.752. The van der Waals surface area contributed by atoms with Gasteiger partial charge in [-0.3, -0.25) is 0 Å². The molecule has 0 unspecified atom stereocenters. The monoisotopic (exact) mass is 148 g/mol. The zero-order chi connectivity index (χ0) is 8.20. The van der Waals surface area contributed by atoms with Crippen LogP contribution in [0, 0.1) is 0 Å². The Labute approximate surface area is 59.4 Å². The SMILES string of the molecule is CC(C)(CO)OCC(=O)O. The van der Waals surface area contributed by atoms with E-state index in [-0.39, 0.29) is 13.2 Å². The maximum atomic E-state index is 9.96. The van der Waals surface area contributed by atoms with Gasteiger partial charge in [0, 0.05) is 0 Å². The molecule has 60 valence electrons. The molecule has 0 aliphatic carbocycles. The van der Waals surface area contributed by atoms with Crippen LogP contribution in [0.4, 0.5) is 0 Å². The molecule has 0 aromatic rings. The first kappa shape index (κ1) is 9.39. The molecule has 0 aromatic carbocycles. The predicted octanol–water partition coefficient (Wildman–Crippen LogP) is -0.142. The third-order valence-electron chi connectivity index (χ3n) is 0.967. The Kier molecular flexibility index (Phi) is 3.32. The van der Waals surface area contributed by atoms with Crippen LogP contribution in [-0.4, -0.2) is 35.0 Å². The lowest BCUT2D eigenvalue weighted by molar-refractivity contribution is -0.150. The number of rotatable bonds is 4. The summed E-state index contributed by atoms with van der Waals surface area (Å²) in [6.45, 7) is 2.69. The van der Waals surface area contributed by atoms with Gasteiger partial charge in [-0.05, 0) is 13.8 Å². The van der Waals surface area contributed by atoms with Crippen LogP contribution in [0.3, 0.4) is 0 Å². The van der Waals surface area contributed by atoms with Crippen LogP contribution in [0.25, 0.3) is 0 Å². The summed E-state index contributed by atoms with van der Waals surface area (Å²) in [6.07, 6.45) is 0. The maximum absolute atomic E-state index is 9.96. The van der Waals surface area contributed by atoms with Gasteiger partial charge in [0.05, 0.1) is 12.2 Å². The van der Waals surface area contributed by atoms with Crippen LogP contribution in [-0.2, 0) is 9.53 Å². The molecule has 0 bridgehead atoms. The van der Waals surface area contributed by atoms with Crippen molar-refractivity contribution in [2.24, 2.45) is 0 Å². The van der Waals surface area contributed by atoms with E-state index in [9.17, 15) is 4.79 Å². The van der Waals surface area contributed by atoms with Crippen LogP contribution in [0.15, 0.2) is 0 Å². The van der Waals surface area contributed by atoms with Crippen molar-refractivity contribution in [3.05, 3.63) is 0 Å². The minimum absolute atomic E-state index is 0.180. The van der Waals surface area contributed by atoms with Crippen molar-refractivity contribution >= 4 is 5.97 Å². The summed E-state index contributed by atoms with van der Waals surface area (Å²) in [5, 5.41) is 16.8. The van der Waals surface area contributed by atoms with Gasteiger partial charge in [-0.25, -0.2) is 4.79 Å². The molecule has 4 nitrogen and oxygen atoms in total. The number of aliphatic hydroxyl groups excluding tert-OH is 1. The molecule has 0 aliphatic heterocycles. The van der Waals surface area contributed by atoms with Gasteiger partial charge in [0.2, 0.25) is 0 Å². The van der Waals surface area contributed by atoms with Crippen molar-refractivity contribution in [2.45, 2.75) is 19.4 Å². The molecular formula is C6H12O4. The Morgan fingerprint density at radius 1 is 1.60 bits per heavy atom. The molecule has 0 heterocycles. The van der Waals surface area contributed by atoms with Gasteiger partial charge < -0.3 is 14.9 Å². The third kappa shape index (κ3) is 4.29. The molecule has 0 rings (SSSR count). The predicted molar refractivity (Wildman–Crippen MR) is 34.8 cm³/mol. The van der Waals surface area contributed by atoms with Crippen molar-refractivity contribution in [2.75, 3.05) is 13.2 Å². The van der Waals surface area contributed by atoms with Crippen molar-refractivity contribution < 1.29 is 19.7 Å². The number of hydrogen-bond donors (Lipinski definition) is 2. The van der Waals surface area contributed by atoms with Crippen LogP contribution in [0.5, 0.6) is 0 Å². The number of carboxylic acid groups (broad SMARTS) is 1. The first-order valence-corrected chi connectivity index (χ1v) is 2.94. The average molecular weight is 148 g/mol. The molecule has 0 amide bonds. The highest BCUT2D eigenvalue weighted by Gasteiger charge is 2.17. The van der Waals surface area contributed by atoms with Gasteiger partial charge in [0.15, 0.2) is 0 Å². The van der Waals surface area contributed by atoms with E-state index >= 15 is 0 Å². The van der Waals surface area contributed by atoms with Crippen LogP contribution in [0.2, 0.25) is 0 Å². The zero-order valence-corrected chi connectivity index (χ0v) is 6.13. The average Bonchev–Trinajstić information content (AvgIpc) is 1.85. The van der Waals surface area contributed by atoms with Crippen molar-refractivity contribution in [3.63, 3.8) is 0 Å². The molecule has 0 aromatic heterocycles. The van der Waals surface area contributed by atoms with Gasteiger partial charge in [-0.2, -0.15) is 0 Å².